The van der Waals surface area contributed by atoms with Gasteiger partial charge in [-0.05, 0) is 18.6 Å². The van der Waals surface area contributed by atoms with Crippen molar-refractivity contribution in [3.05, 3.63) is 42.4 Å². The van der Waals surface area contributed by atoms with E-state index in [0.717, 1.165) is 37.4 Å². The maximum atomic E-state index is 12.8. The highest BCUT2D eigenvalue weighted by molar-refractivity contribution is 5.79. The van der Waals surface area contributed by atoms with Crippen molar-refractivity contribution >= 4 is 11.7 Å². The van der Waals surface area contributed by atoms with Gasteiger partial charge in [0, 0.05) is 56.9 Å². The van der Waals surface area contributed by atoms with Crippen LogP contribution in [-0.2, 0) is 22.6 Å². The number of carbonyl (C=O) groups excluding carboxylic acids is 1. The molecule has 0 aromatic carbocycles. The molecule has 1 unspecified atom stereocenters. The molecule has 7 heteroatoms. The van der Waals surface area contributed by atoms with Gasteiger partial charge in [-0.15, -0.1) is 0 Å². The third kappa shape index (κ3) is 3.51. The van der Waals surface area contributed by atoms with Crippen LogP contribution in [0.2, 0.25) is 0 Å². The first-order chi connectivity index (χ1) is 12.3. The highest BCUT2D eigenvalue weighted by Gasteiger charge is 2.30. The van der Waals surface area contributed by atoms with Crippen LogP contribution in [0.25, 0.3) is 0 Å². The Morgan fingerprint density at radius 1 is 1.24 bits per heavy atom. The summed E-state index contributed by atoms with van der Waals surface area (Å²) in [7, 11) is 0. The molecule has 4 rings (SSSR count). The van der Waals surface area contributed by atoms with Crippen LogP contribution in [0.15, 0.2) is 36.8 Å². The molecule has 0 aliphatic carbocycles. The first-order valence-electron chi connectivity index (χ1n) is 8.84. The van der Waals surface area contributed by atoms with E-state index in [1.54, 1.807) is 6.20 Å². The fourth-order valence-electron chi connectivity index (χ4n) is 3.52. The quantitative estimate of drug-likeness (QED) is 0.835. The number of fused-ring (bicyclic) bond motifs is 1. The minimum Gasteiger partial charge on any atom is -0.381 e. The molecule has 1 atom stereocenters. The highest BCUT2D eigenvalue weighted by atomic mass is 16.5. The third-order valence-corrected chi connectivity index (χ3v) is 4.92. The van der Waals surface area contributed by atoms with E-state index in [1.165, 1.54) is 0 Å². The largest absolute Gasteiger partial charge is 0.381 e. The molecule has 132 valence electrons. The van der Waals surface area contributed by atoms with Crippen LogP contribution in [-0.4, -0.2) is 58.4 Å². The lowest BCUT2D eigenvalue weighted by Crippen LogP contribution is -2.39. The summed E-state index contributed by atoms with van der Waals surface area (Å²) in [6, 6.07) is 5.94. The standard InChI is InChI=1S/C18H23N5O2/c24-18(16-4-12-25-14-16)22-9-8-21(10-11-23-7-2-6-20-23)17-15(13-22)3-1-5-19-17/h1-3,5-7,16H,4,8-14H2. The number of pyridine rings is 1. The normalized spacial score (nSPS) is 20.4. The molecule has 4 heterocycles. The van der Waals surface area contributed by atoms with E-state index in [4.69, 9.17) is 4.74 Å². The van der Waals surface area contributed by atoms with Crippen LogP contribution in [0.5, 0.6) is 0 Å². The SMILES string of the molecule is O=C(C1CCOC1)N1CCN(CCn2cccn2)c2ncccc2C1. The predicted octanol–water partition coefficient (Wildman–Crippen LogP) is 1.16. The van der Waals surface area contributed by atoms with Gasteiger partial charge in [-0.2, -0.15) is 5.10 Å². The van der Waals surface area contributed by atoms with E-state index >= 15 is 0 Å². The average Bonchev–Trinajstić information content (AvgIpc) is 3.31. The second-order valence-electron chi connectivity index (χ2n) is 6.56. The van der Waals surface area contributed by atoms with Gasteiger partial charge in [-0.1, -0.05) is 6.07 Å². The molecule has 2 aromatic heterocycles. The third-order valence-electron chi connectivity index (χ3n) is 4.92. The highest BCUT2D eigenvalue weighted by Crippen LogP contribution is 2.25. The Kier molecular flexibility index (Phi) is 4.65. The first-order valence-corrected chi connectivity index (χ1v) is 8.84. The number of anilines is 1. The van der Waals surface area contributed by atoms with E-state index in [-0.39, 0.29) is 11.8 Å². The smallest absolute Gasteiger partial charge is 0.228 e. The van der Waals surface area contributed by atoms with Gasteiger partial charge in [0.1, 0.15) is 5.82 Å². The number of hydrogen-bond acceptors (Lipinski definition) is 5. The zero-order valence-electron chi connectivity index (χ0n) is 14.3. The molecule has 25 heavy (non-hydrogen) atoms. The van der Waals surface area contributed by atoms with Crippen LogP contribution < -0.4 is 4.90 Å². The van der Waals surface area contributed by atoms with Crippen molar-refractivity contribution in [1.82, 2.24) is 19.7 Å². The van der Waals surface area contributed by atoms with Gasteiger partial charge in [0.15, 0.2) is 0 Å². The molecular weight excluding hydrogens is 318 g/mol. The molecule has 7 nitrogen and oxygen atoms in total. The summed E-state index contributed by atoms with van der Waals surface area (Å²) in [5.74, 6) is 1.20. The first kappa shape index (κ1) is 16.1. The molecule has 0 N–H and O–H groups in total. The van der Waals surface area contributed by atoms with E-state index in [9.17, 15) is 4.79 Å². The molecule has 2 aliphatic heterocycles. The van der Waals surface area contributed by atoms with Crippen molar-refractivity contribution in [2.45, 2.75) is 19.5 Å². The van der Waals surface area contributed by atoms with Crippen LogP contribution >= 0.6 is 0 Å². The van der Waals surface area contributed by atoms with Gasteiger partial charge < -0.3 is 14.5 Å². The lowest BCUT2D eigenvalue weighted by Gasteiger charge is -2.25. The second kappa shape index (κ2) is 7.23. The Labute approximate surface area is 147 Å². The fourth-order valence-corrected chi connectivity index (χ4v) is 3.52. The lowest BCUT2D eigenvalue weighted by molar-refractivity contribution is -0.135. The summed E-state index contributed by atoms with van der Waals surface area (Å²) < 4.78 is 7.31. The van der Waals surface area contributed by atoms with Crippen molar-refractivity contribution in [2.75, 3.05) is 37.7 Å². The maximum absolute atomic E-state index is 12.8. The summed E-state index contributed by atoms with van der Waals surface area (Å²) in [6.45, 7) is 4.98. The Morgan fingerprint density at radius 2 is 2.20 bits per heavy atom. The molecule has 2 aliphatic rings. The minimum atomic E-state index is 0.00995. The number of amides is 1. The van der Waals surface area contributed by atoms with Crippen molar-refractivity contribution < 1.29 is 9.53 Å². The molecule has 1 saturated heterocycles. The Bertz CT molecular complexity index is 712. The van der Waals surface area contributed by atoms with Gasteiger partial charge in [0.2, 0.25) is 5.91 Å². The summed E-state index contributed by atoms with van der Waals surface area (Å²) >= 11 is 0. The molecule has 1 fully saturated rings. The molecular formula is C18H23N5O2. The van der Waals surface area contributed by atoms with Crippen LogP contribution in [0.3, 0.4) is 0 Å². The van der Waals surface area contributed by atoms with Gasteiger partial charge >= 0.3 is 0 Å². The summed E-state index contributed by atoms with van der Waals surface area (Å²) in [6.07, 6.45) is 6.41. The molecule has 1 amide bonds. The number of ether oxygens (including phenoxy) is 1. The monoisotopic (exact) mass is 341 g/mol. The predicted molar refractivity (Wildman–Crippen MR) is 93.0 cm³/mol. The number of nitrogens with zero attached hydrogens (tertiary/aromatic N) is 5. The van der Waals surface area contributed by atoms with E-state index in [2.05, 4.69) is 21.0 Å². The van der Waals surface area contributed by atoms with Gasteiger partial charge in [-0.3, -0.25) is 9.48 Å². The summed E-state index contributed by atoms with van der Waals surface area (Å²) in [5, 5.41) is 4.27. The molecule has 0 spiro atoms. The van der Waals surface area contributed by atoms with Crippen LogP contribution in [0.4, 0.5) is 5.82 Å². The fraction of sp³-hybridized carbons (Fsp3) is 0.500. The van der Waals surface area contributed by atoms with E-state index in [0.29, 0.717) is 26.3 Å². The van der Waals surface area contributed by atoms with Crippen molar-refractivity contribution in [2.24, 2.45) is 5.92 Å². The second-order valence-corrected chi connectivity index (χ2v) is 6.56. The van der Waals surface area contributed by atoms with E-state index < -0.39 is 0 Å². The van der Waals surface area contributed by atoms with Gasteiger partial charge in [0.05, 0.1) is 19.1 Å². The van der Waals surface area contributed by atoms with Gasteiger partial charge in [-0.25, -0.2) is 4.98 Å². The maximum Gasteiger partial charge on any atom is 0.228 e. The van der Waals surface area contributed by atoms with Crippen LogP contribution in [0, 0.1) is 5.92 Å². The number of carbonyl (C=O) groups is 1. The average molecular weight is 341 g/mol. The Morgan fingerprint density at radius 3 is 3.00 bits per heavy atom. The molecule has 0 saturated carbocycles. The summed E-state index contributed by atoms with van der Waals surface area (Å²) in [4.78, 5) is 21.6. The van der Waals surface area contributed by atoms with Crippen molar-refractivity contribution in [3.8, 4) is 0 Å². The topological polar surface area (TPSA) is 63.5 Å². The van der Waals surface area contributed by atoms with Gasteiger partial charge in [0.25, 0.3) is 0 Å². The number of aromatic nitrogens is 3. The molecule has 0 bridgehead atoms. The minimum absolute atomic E-state index is 0.00995. The van der Waals surface area contributed by atoms with Crippen molar-refractivity contribution in [3.63, 3.8) is 0 Å². The number of hydrogen-bond donors (Lipinski definition) is 0. The Balaban J connectivity index is 1.50. The Hall–Kier alpha value is -2.41. The lowest BCUT2D eigenvalue weighted by atomic mass is 10.1. The number of rotatable bonds is 4. The molecule has 2 aromatic rings. The zero-order valence-corrected chi connectivity index (χ0v) is 14.3. The summed E-state index contributed by atoms with van der Waals surface area (Å²) in [5.41, 5.74) is 1.10. The zero-order chi connectivity index (χ0) is 17.1. The van der Waals surface area contributed by atoms with Crippen LogP contribution in [0.1, 0.15) is 12.0 Å². The molecule has 0 radical (unpaired) electrons. The van der Waals surface area contributed by atoms with E-state index in [1.807, 2.05) is 34.1 Å². The van der Waals surface area contributed by atoms with Crippen molar-refractivity contribution in [1.29, 1.82) is 0 Å².